The smallest absolute Gasteiger partial charge is 0.0679 e. The fraction of sp³-hybridized carbons (Fsp3) is 0.317. The zero-order chi connectivity index (χ0) is 30.0. The summed E-state index contributed by atoms with van der Waals surface area (Å²) in [6.45, 7) is 21.4. The Morgan fingerprint density at radius 3 is 1.76 bits per heavy atom. The lowest BCUT2D eigenvalue weighted by molar-refractivity contribution is 0.590. The Morgan fingerprint density at radius 2 is 1.19 bits per heavy atom. The van der Waals surface area contributed by atoms with Crippen LogP contribution in [0.15, 0.2) is 90.0 Å². The summed E-state index contributed by atoms with van der Waals surface area (Å²) in [5, 5.41) is 0. The van der Waals surface area contributed by atoms with E-state index in [1.807, 2.05) is 0 Å². The molecule has 214 valence electrons. The van der Waals surface area contributed by atoms with Gasteiger partial charge in [-0.05, 0) is 82.7 Å². The van der Waals surface area contributed by atoms with Gasteiger partial charge in [0.1, 0.15) is 0 Å². The summed E-state index contributed by atoms with van der Waals surface area (Å²) < 4.78 is 0. The molecule has 4 aromatic carbocycles. The van der Waals surface area contributed by atoms with Crippen molar-refractivity contribution in [3.63, 3.8) is 0 Å². The molecule has 2 aliphatic carbocycles. The molecule has 0 bridgehead atoms. The minimum atomic E-state index is -1.93. The highest BCUT2D eigenvalue weighted by molar-refractivity contribution is 6.81. The van der Waals surface area contributed by atoms with Crippen molar-refractivity contribution in [3.8, 4) is 22.3 Å². The van der Waals surface area contributed by atoms with Crippen LogP contribution in [-0.2, 0) is 5.41 Å². The summed E-state index contributed by atoms with van der Waals surface area (Å²) in [6, 6.07) is 30.4. The molecule has 0 aromatic heterocycles. The lowest BCUT2D eigenvalue weighted by atomic mass is 9.86. The van der Waals surface area contributed by atoms with Gasteiger partial charge in [-0.3, -0.25) is 0 Å². The number of rotatable bonds is 5. The average molecular weight is 567 g/mol. The van der Waals surface area contributed by atoms with Crippen molar-refractivity contribution >= 4 is 20.2 Å². The molecule has 0 radical (unpaired) electrons. The Bertz CT molecular complexity index is 1720. The molecule has 0 heterocycles. The number of hydrogen-bond donors (Lipinski definition) is 0. The Hall–Kier alpha value is -3.42. The summed E-state index contributed by atoms with van der Waals surface area (Å²) in [4.78, 5) is 0. The van der Waals surface area contributed by atoms with Crippen LogP contribution in [0.2, 0.25) is 13.1 Å². The van der Waals surface area contributed by atoms with E-state index < -0.39 is 8.07 Å². The maximum Gasteiger partial charge on any atom is 0.0722 e. The molecule has 2 atom stereocenters. The van der Waals surface area contributed by atoms with Crippen molar-refractivity contribution in [1.82, 2.24) is 0 Å². The first-order valence-corrected chi connectivity index (χ1v) is 18.9. The number of allylic oxidation sites excluding steroid dienone is 2. The van der Waals surface area contributed by atoms with Gasteiger partial charge in [-0.15, -0.1) is 0 Å². The van der Waals surface area contributed by atoms with Crippen LogP contribution in [0.25, 0.3) is 34.4 Å². The lowest BCUT2D eigenvalue weighted by Crippen LogP contribution is -2.42. The predicted octanol–water partition coefficient (Wildman–Crippen LogP) is 11.8. The van der Waals surface area contributed by atoms with Crippen LogP contribution in [0.4, 0.5) is 0 Å². The topological polar surface area (TPSA) is 0 Å². The molecule has 42 heavy (non-hydrogen) atoms. The molecule has 0 saturated heterocycles. The van der Waals surface area contributed by atoms with E-state index in [1.54, 1.807) is 16.7 Å². The fourth-order valence-corrected chi connectivity index (χ4v) is 13.1. The van der Waals surface area contributed by atoms with Gasteiger partial charge in [0.2, 0.25) is 0 Å². The van der Waals surface area contributed by atoms with Crippen molar-refractivity contribution in [2.45, 2.75) is 84.5 Å². The van der Waals surface area contributed by atoms with Gasteiger partial charge in [-0.25, -0.2) is 0 Å². The van der Waals surface area contributed by atoms with Crippen molar-refractivity contribution < 1.29 is 0 Å². The molecule has 1 heteroatoms. The molecule has 2 unspecified atom stereocenters. The van der Waals surface area contributed by atoms with Gasteiger partial charge in [-0.1, -0.05) is 154 Å². The Morgan fingerprint density at radius 1 is 0.643 bits per heavy atom. The third-order valence-corrected chi connectivity index (χ3v) is 14.3. The summed E-state index contributed by atoms with van der Waals surface area (Å²) in [7, 11) is -1.93. The quantitative estimate of drug-likeness (QED) is 0.211. The zero-order valence-electron chi connectivity index (χ0n) is 27.0. The normalized spacial score (nSPS) is 18.0. The largest absolute Gasteiger partial charge is 0.0722 e. The molecular weight excluding hydrogens is 521 g/mol. The Balaban J connectivity index is 1.43. The van der Waals surface area contributed by atoms with E-state index in [4.69, 9.17) is 0 Å². The van der Waals surface area contributed by atoms with E-state index in [1.165, 1.54) is 55.6 Å². The molecule has 6 rings (SSSR count). The van der Waals surface area contributed by atoms with Crippen LogP contribution >= 0.6 is 0 Å². The minimum Gasteiger partial charge on any atom is -0.0679 e. The van der Waals surface area contributed by atoms with Gasteiger partial charge in [0, 0.05) is 11.1 Å². The highest BCUT2D eigenvalue weighted by atomic mass is 28.3. The first kappa shape index (κ1) is 28.7. The SMILES string of the molecule is CCC1=Cc2c(-c3ccc(C(C)(C)C)cc3)cccc2C1[Si](C)(C)C1C(C)=Cc2c(-c3cc(C)cc(C)c3)cccc21. The van der Waals surface area contributed by atoms with E-state index in [0.717, 1.165) is 6.42 Å². The number of benzene rings is 4. The molecule has 2 aliphatic rings. The second-order valence-electron chi connectivity index (χ2n) is 14.5. The van der Waals surface area contributed by atoms with Crippen LogP contribution < -0.4 is 0 Å². The predicted molar refractivity (Wildman–Crippen MR) is 187 cm³/mol. The van der Waals surface area contributed by atoms with E-state index in [2.05, 4.69) is 153 Å². The van der Waals surface area contributed by atoms with Crippen LogP contribution in [0.5, 0.6) is 0 Å². The maximum atomic E-state index is 2.65. The lowest BCUT2D eigenvalue weighted by Gasteiger charge is -2.39. The summed E-state index contributed by atoms with van der Waals surface area (Å²) in [6.07, 6.45) is 6.17. The highest BCUT2D eigenvalue weighted by Gasteiger charge is 2.47. The second-order valence-corrected chi connectivity index (χ2v) is 19.3. The molecule has 0 saturated carbocycles. The van der Waals surface area contributed by atoms with Crippen LogP contribution in [0.3, 0.4) is 0 Å². The maximum absolute atomic E-state index is 2.65. The number of fused-ring (bicyclic) bond motifs is 2. The van der Waals surface area contributed by atoms with Gasteiger partial charge >= 0.3 is 0 Å². The first-order chi connectivity index (χ1) is 19.9. The zero-order valence-corrected chi connectivity index (χ0v) is 28.0. The molecule has 0 N–H and O–H groups in total. The van der Waals surface area contributed by atoms with Gasteiger partial charge in [0.05, 0.1) is 8.07 Å². The third-order valence-electron chi connectivity index (χ3n) is 9.92. The molecule has 0 fully saturated rings. The van der Waals surface area contributed by atoms with Gasteiger partial charge < -0.3 is 0 Å². The van der Waals surface area contributed by atoms with E-state index >= 15 is 0 Å². The molecular formula is C41H46Si. The minimum absolute atomic E-state index is 0.161. The number of aryl methyl sites for hydroxylation is 2. The van der Waals surface area contributed by atoms with Crippen LogP contribution in [0.1, 0.15) is 91.1 Å². The van der Waals surface area contributed by atoms with E-state index in [9.17, 15) is 0 Å². The summed E-state index contributed by atoms with van der Waals surface area (Å²) >= 11 is 0. The summed E-state index contributed by atoms with van der Waals surface area (Å²) in [5.41, 5.74) is 19.8. The Kier molecular flexibility index (Phi) is 7.09. The van der Waals surface area contributed by atoms with E-state index in [0.29, 0.717) is 11.1 Å². The van der Waals surface area contributed by atoms with Crippen molar-refractivity contribution in [1.29, 1.82) is 0 Å². The van der Waals surface area contributed by atoms with Gasteiger partial charge in [-0.2, -0.15) is 0 Å². The van der Waals surface area contributed by atoms with Crippen LogP contribution in [-0.4, -0.2) is 8.07 Å². The molecule has 4 aromatic rings. The molecule has 0 amide bonds. The number of hydrogen-bond acceptors (Lipinski definition) is 0. The van der Waals surface area contributed by atoms with Crippen molar-refractivity contribution in [2.75, 3.05) is 0 Å². The standard InChI is InChI=1S/C41H46Si/c1-10-29-25-38-33(30-17-19-32(20-18-30)41(5,6)7)13-11-16-36(38)40(29)42(8,9)39-28(4)24-37-34(14-12-15-35(37)39)31-22-26(2)21-27(3)23-31/h11-25,39-40H,10H2,1-9H3. The third kappa shape index (κ3) is 4.76. The monoisotopic (exact) mass is 566 g/mol. The average Bonchev–Trinajstić information content (AvgIpc) is 3.49. The molecule has 0 aliphatic heterocycles. The second kappa shape index (κ2) is 10.4. The van der Waals surface area contributed by atoms with Crippen molar-refractivity contribution in [3.05, 3.63) is 129 Å². The molecule has 0 spiro atoms. The summed E-state index contributed by atoms with van der Waals surface area (Å²) in [5.74, 6) is 0. The van der Waals surface area contributed by atoms with E-state index in [-0.39, 0.29) is 5.41 Å². The Labute approximate surface area is 255 Å². The molecule has 0 nitrogen and oxygen atoms in total. The first-order valence-electron chi connectivity index (χ1n) is 15.7. The van der Waals surface area contributed by atoms with Gasteiger partial charge in [0.15, 0.2) is 0 Å². The highest BCUT2D eigenvalue weighted by Crippen LogP contribution is 2.55. The van der Waals surface area contributed by atoms with Crippen LogP contribution in [0, 0.1) is 13.8 Å². The van der Waals surface area contributed by atoms with Gasteiger partial charge in [0.25, 0.3) is 0 Å². The van der Waals surface area contributed by atoms with Crippen molar-refractivity contribution in [2.24, 2.45) is 0 Å². The fourth-order valence-electron chi connectivity index (χ4n) is 8.14.